The predicted octanol–water partition coefficient (Wildman–Crippen LogP) is 2.82. The quantitative estimate of drug-likeness (QED) is 0.874. The molecule has 1 N–H and O–H groups in total. The van der Waals surface area contributed by atoms with Crippen molar-refractivity contribution < 1.29 is 0 Å². The number of hydrogen-bond donors (Lipinski definition) is 1. The first-order valence-electron chi connectivity index (χ1n) is 8.68. The molecule has 0 radical (unpaired) electrons. The Hall–Kier alpha value is -0.870. The summed E-state index contributed by atoms with van der Waals surface area (Å²) in [5.74, 6) is 0.923. The van der Waals surface area contributed by atoms with Crippen molar-refractivity contribution >= 4 is 0 Å². The third kappa shape index (κ3) is 3.67. The Balaban J connectivity index is 1.66. The summed E-state index contributed by atoms with van der Waals surface area (Å²) in [5.41, 5.74) is 1.23. The molecule has 1 aromatic heterocycles. The molecule has 0 amide bonds. The fourth-order valence-corrected chi connectivity index (χ4v) is 3.53. The van der Waals surface area contributed by atoms with E-state index < -0.39 is 0 Å². The van der Waals surface area contributed by atoms with Crippen molar-refractivity contribution in [2.45, 2.75) is 71.1 Å². The summed E-state index contributed by atoms with van der Waals surface area (Å²) < 4.78 is 2.08. The number of hydrogen-bond acceptors (Lipinski definition) is 3. The van der Waals surface area contributed by atoms with Gasteiger partial charge in [0.2, 0.25) is 0 Å². The molecule has 118 valence electrons. The minimum Gasteiger partial charge on any atom is -0.311 e. The van der Waals surface area contributed by atoms with Crippen LogP contribution < -0.4 is 5.32 Å². The molecule has 2 aliphatic rings. The van der Waals surface area contributed by atoms with Gasteiger partial charge in [-0.2, -0.15) is 5.10 Å². The highest BCUT2D eigenvalue weighted by Crippen LogP contribution is 2.37. The first kappa shape index (κ1) is 15.0. The van der Waals surface area contributed by atoms with Crippen molar-refractivity contribution in [3.05, 3.63) is 18.0 Å². The van der Waals surface area contributed by atoms with Gasteiger partial charge in [0.1, 0.15) is 0 Å². The highest BCUT2D eigenvalue weighted by molar-refractivity contribution is 5.03. The van der Waals surface area contributed by atoms with Crippen LogP contribution in [0.15, 0.2) is 12.3 Å². The van der Waals surface area contributed by atoms with E-state index in [1.807, 2.05) is 0 Å². The van der Waals surface area contributed by atoms with Crippen molar-refractivity contribution in [3.63, 3.8) is 0 Å². The normalized spacial score (nSPS) is 27.4. The van der Waals surface area contributed by atoms with E-state index in [1.54, 1.807) is 0 Å². The lowest BCUT2D eigenvalue weighted by Gasteiger charge is -2.40. The molecule has 0 spiro atoms. The number of nitrogens with one attached hydrogen (secondary N) is 1. The number of nitrogens with zero attached hydrogens (tertiary/aromatic N) is 3. The summed E-state index contributed by atoms with van der Waals surface area (Å²) in [7, 11) is 0. The second kappa shape index (κ2) is 6.49. The predicted molar refractivity (Wildman–Crippen MR) is 86.2 cm³/mol. The van der Waals surface area contributed by atoms with Gasteiger partial charge in [-0.3, -0.25) is 9.58 Å². The van der Waals surface area contributed by atoms with Crippen molar-refractivity contribution in [2.75, 3.05) is 13.1 Å². The van der Waals surface area contributed by atoms with E-state index in [2.05, 4.69) is 47.9 Å². The molecule has 2 heterocycles. The summed E-state index contributed by atoms with van der Waals surface area (Å²) in [4.78, 5) is 2.70. The molecule has 4 heteroatoms. The second-order valence-electron chi connectivity index (χ2n) is 7.11. The third-order valence-corrected chi connectivity index (χ3v) is 4.90. The Bertz CT molecular complexity index is 449. The zero-order valence-electron chi connectivity index (χ0n) is 13.8. The Labute approximate surface area is 128 Å². The zero-order valence-corrected chi connectivity index (χ0v) is 13.8. The van der Waals surface area contributed by atoms with Gasteiger partial charge in [-0.25, -0.2) is 0 Å². The van der Waals surface area contributed by atoms with Gasteiger partial charge in [-0.1, -0.05) is 13.3 Å². The maximum absolute atomic E-state index is 4.74. The van der Waals surface area contributed by atoms with Crippen LogP contribution in [0.25, 0.3) is 0 Å². The van der Waals surface area contributed by atoms with Crippen LogP contribution in [-0.4, -0.2) is 39.9 Å². The van der Waals surface area contributed by atoms with E-state index in [1.165, 1.54) is 44.5 Å². The van der Waals surface area contributed by atoms with Gasteiger partial charge in [0.05, 0.1) is 5.69 Å². The van der Waals surface area contributed by atoms with Crippen LogP contribution in [0.4, 0.5) is 0 Å². The van der Waals surface area contributed by atoms with Crippen molar-refractivity contribution in [3.8, 4) is 0 Å². The average molecular weight is 290 g/mol. The first-order valence-corrected chi connectivity index (χ1v) is 8.68. The summed E-state index contributed by atoms with van der Waals surface area (Å²) in [6, 6.07) is 4.04. The molecule has 1 saturated carbocycles. The van der Waals surface area contributed by atoms with Crippen molar-refractivity contribution in [1.29, 1.82) is 0 Å². The standard InChI is InChI=1S/C17H30N4/c1-4-5-15-11-20(17(10-18-15)14-6-7-14)12-16-8-9-21(19-16)13(2)3/h8-9,13-15,17-18H,4-7,10-12H2,1-3H3. The van der Waals surface area contributed by atoms with E-state index in [4.69, 9.17) is 5.10 Å². The van der Waals surface area contributed by atoms with Crippen LogP contribution in [0.1, 0.15) is 58.2 Å². The number of aromatic nitrogens is 2. The Kier molecular flexibility index (Phi) is 4.65. The van der Waals surface area contributed by atoms with E-state index >= 15 is 0 Å². The third-order valence-electron chi connectivity index (χ3n) is 4.90. The maximum Gasteiger partial charge on any atom is 0.0765 e. The molecule has 1 aromatic rings. The van der Waals surface area contributed by atoms with Gasteiger partial charge in [0, 0.05) is 44.0 Å². The minimum absolute atomic E-state index is 0.453. The smallest absolute Gasteiger partial charge is 0.0765 e. The monoisotopic (exact) mass is 290 g/mol. The molecule has 1 aliphatic carbocycles. The average Bonchev–Trinajstić information content (AvgIpc) is 3.18. The van der Waals surface area contributed by atoms with Crippen LogP contribution in [-0.2, 0) is 6.54 Å². The fourth-order valence-electron chi connectivity index (χ4n) is 3.53. The lowest BCUT2D eigenvalue weighted by Crippen LogP contribution is -2.56. The minimum atomic E-state index is 0.453. The second-order valence-corrected chi connectivity index (χ2v) is 7.11. The number of rotatable bonds is 6. The van der Waals surface area contributed by atoms with Gasteiger partial charge in [0.15, 0.2) is 0 Å². The lowest BCUT2D eigenvalue weighted by molar-refractivity contribution is 0.102. The molecular formula is C17H30N4. The van der Waals surface area contributed by atoms with Crippen LogP contribution in [0.5, 0.6) is 0 Å². The van der Waals surface area contributed by atoms with E-state index in [0.717, 1.165) is 18.5 Å². The first-order chi connectivity index (χ1) is 10.2. The molecule has 4 nitrogen and oxygen atoms in total. The largest absolute Gasteiger partial charge is 0.311 e. The highest BCUT2D eigenvalue weighted by Gasteiger charge is 2.38. The zero-order chi connectivity index (χ0) is 14.8. The molecule has 2 fully saturated rings. The molecule has 0 bridgehead atoms. The SMILES string of the molecule is CCCC1CN(Cc2ccn(C(C)C)n2)C(C2CC2)CN1. The summed E-state index contributed by atoms with van der Waals surface area (Å²) in [6.45, 7) is 10.0. The van der Waals surface area contributed by atoms with Gasteiger partial charge in [0.25, 0.3) is 0 Å². The van der Waals surface area contributed by atoms with Crippen LogP contribution >= 0.6 is 0 Å². The summed E-state index contributed by atoms with van der Waals surface area (Å²) in [6.07, 6.45) is 7.51. The highest BCUT2D eigenvalue weighted by atomic mass is 15.3. The number of piperazine rings is 1. The van der Waals surface area contributed by atoms with E-state index in [0.29, 0.717) is 12.1 Å². The summed E-state index contributed by atoms with van der Waals surface area (Å²) in [5, 5.41) is 8.51. The van der Waals surface area contributed by atoms with Gasteiger partial charge >= 0.3 is 0 Å². The molecule has 0 aromatic carbocycles. The topological polar surface area (TPSA) is 33.1 Å². The van der Waals surface area contributed by atoms with Gasteiger partial charge in [-0.05, 0) is 45.1 Å². The molecule has 3 rings (SSSR count). The fraction of sp³-hybridized carbons (Fsp3) is 0.824. The van der Waals surface area contributed by atoms with Gasteiger partial charge in [-0.15, -0.1) is 0 Å². The van der Waals surface area contributed by atoms with E-state index in [-0.39, 0.29) is 0 Å². The lowest BCUT2D eigenvalue weighted by atomic mass is 10.0. The summed E-state index contributed by atoms with van der Waals surface area (Å²) >= 11 is 0. The Morgan fingerprint density at radius 3 is 2.81 bits per heavy atom. The van der Waals surface area contributed by atoms with Crippen LogP contribution in [0, 0.1) is 5.92 Å². The molecule has 1 saturated heterocycles. The van der Waals surface area contributed by atoms with Crippen molar-refractivity contribution in [2.24, 2.45) is 5.92 Å². The Morgan fingerprint density at radius 2 is 2.19 bits per heavy atom. The molecule has 1 aliphatic heterocycles. The van der Waals surface area contributed by atoms with Crippen molar-refractivity contribution in [1.82, 2.24) is 20.0 Å². The van der Waals surface area contributed by atoms with Gasteiger partial charge < -0.3 is 5.32 Å². The Morgan fingerprint density at radius 1 is 1.38 bits per heavy atom. The van der Waals surface area contributed by atoms with Crippen LogP contribution in [0.3, 0.4) is 0 Å². The molecular weight excluding hydrogens is 260 g/mol. The molecule has 2 atom stereocenters. The maximum atomic E-state index is 4.74. The molecule has 2 unspecified atom stereocenters. The molecule has 21 heavy (non-hydrogen) atoms. The van der Waals surface area contributed by atoms with Crippen LogP contribution in [0.2, 0.25) is 0 Å². The van der Waals surface area contributed by atoms with E-state index in [9.17, 15) is 0 Å².